The summed E-state index contributed by atoms with van der Waals surface area (Å²) in [6.07, 6.45) is 6.79. The fraction of sp³-hybridized carbons (Fsp3) is 0.593. The molecule has 2 aliphatic heterocycles. The van der Waals surface area contributed by atoms with Crippen LogP contribution in [0.2, 0.25) is 0 Å². The van der Waals surface area contributed by atoms with Crippen LogP contribution in [0.25, 0.3) is 5.69 Å². The van der Waals surface area contributed by atoms with Crippen molar-refractivity contribution in [2.45, 2.75) is 38.1 Å². The van der Waals surface area contributed by atoms with Crippen molar-refractivity contribution in [1.82, 2.24) is 19.4 Å². The third kappa shape index (κ3) is 4.55. The number of benzene rings is 1. The third-order valence-electron chi connectivity index (χ3n) is 9.19. The first-order chi connectivity index (χ1) is 17.4. The molecule has 1 aromatic carbocycles. The van der Waals surface area contributed by atoms with Crippen LogP contribution in [0.1, 0.15) is 31.2 Å². The van der Waals surface area contributed by atoms with Gasteiger partial charge in [-0.3, -0.25) is 9.88 Å². The third-order valence-corrected chi connectivity index (χ3v) is 9.19. The number of anilines is 1. The van der Waals surface area contributed by atoms with Crippen LogP contribution in [0.15, 0.2) is 41.3 Å². The molecule has 192 valence electrons. The minimum Gasteiger partial charge on any atom is -0.330 e. The number of hydrogen-bond acceptors (Lipinski definition) is 6. The van der Waals surface area contributed by atoms with Crippen LogP contribution in [0.5, 0.6) is 0 Å². The number of rotatable bonds is 6. The number of nitrogens with zero attached hydrogens (tertiary/aromatic N) is 4. The van der Waals surface area contributed by atoms with E-state index in [2.05, 4.69) is 27.3 Å². The number of carbonyl (C=O) groups is 1. The van der Waals surface area contributed by atoms with Crippen LogP contribution < -0.4 is 22.5 Å². The highest BCUT2D eigenvalue weighted by Crippen LogP contribution is 2.51. The van der Waals surface area contributed by atoms with Gasteiger partial charge in [-0.2, -0.15) is 4.98 Å². The van der Waals surface area contributed by atoms with E-state index in [-0.39, 0.29) is 11.8 Å². The first kappa shape index (κ1) is 23.6. The van der Waals surface area contributed by atoms with Gasteiger partial charge in [0.2, 0.25) is 0 Å². The van der Waals surface area contributed by atoms with E-state index < -0.39 is 5.69 Å². The second-order valence-electron chi connectivity index (χ2n) is 11.5. The lowest BCUT2D eigenvalue weighted by molar-refractivity contribution is 0.0317. The van der Waals surface area contributed by atoms with Gasteiger partial charge in [0.05, 0.1) is 5.69 Å². The predicted molar refractivity (Wildman–Crippen MR) is 139 cm³/mol. The zero-order valence-electron chi connectivity index (χ0n) is 20.8. The van der Waals surface area contributed by atoms with Crippen molar-refractivity contribution in [1.29, 1.82) is 0 Å². The van der Waals surface area contributed by atoms with Crippen LogP contribution in [-0.4, -0.2) is 70.7 Å². The maximum Gasteiger partial charge on any atom is 0.354 e. The number of piperidine rings is 2. The number of nitrogens with one attached hydrogen (secondary N) is 1. The van der Waals surface area contributed by atoms with E-state index in [1.807, 2.05) is 17.0 Å². The smallest absolute Gasteiger partial charge is 0.330 e. The molecule has 0 bridgehead atoms. The van der Waals surface area contributed by atoms with E-state index in [4.69, 9.17) is 11.5 Å². The Bertz CT molecular complexity index is 1150. The molecule has 4 aliphatic rings. The van der Waals surface area contributed by atoms with Crippen LogP contribution in [0, 0.1) is 23.2 Å². The fourth-order valence-corrected chi connectivity index (χ4v) is 6.88. The van der Waals surface area contributed by atoms with Crippen molar-refractivity contribution >= 4 is 11.8 Å². The van der Waals surface area contributed by atoms with Crippen molar-refractivity contribution in [3.63, 3.8) is 0 Å². The van der Waals surface area contributed by atoms with E-state index in [9.17, 15) is 9.59 Å². The Kier molecular flexibility index (Phi) is 6.09. The highest BCUT2D eigenvalue weighted by molar-refractivity contribution is 5.88. The molecule has 2 amide bonds. The topological polar surface area (TPSA) is 123 Å². The summed E-state index contributed by atoms with van der Waals surface area (Å²) in [5.74, 6) is 2.69. The quantitative estimate of drug-likeness (QED) is 0.565. The molecular formula is C27H37N7O2. The molecule has 9 heteroatoms. The van der Waals surface area contributed by atoms with Crippen molar-refractivity contribution in [3.05, 3.63) is 52.6 Å². The number of hydrogen-bond donors (Lipinski definition) is 3. The fourth-order valence-electron chi connectivity index (χ4n) is 6.88. The molecule has 36 heavy (non-hydrogen) atoms. The normalized spacial score (nSPS) is 27.1. The molecule has 6 rings (SSSR count). The number of nitrogens with two attached hydrogens (primary N) is 2. The summed E-state index contributed by atoms with van der Waals surface area (Å²) in [7, 11) is 0. The minimum atomic E-state index is -0.410. The highest BCUT2D eigenvalue weighted by atomic mass is 16.2. The maximum atomic E-state index is 12.7. The van der Waals surface area contributed by atoms with Crippen LogP contribution in [0.4, 0.5) is 10.6 Å². The van der Waals surface area contributed by atoms with E-state index >= 15 is 0 Å². The first-order valence-corrected chi connectivity index (χ1v) is 13.4. The van der Waals surface area contributed by atoms with Crippen molar-refractivity contribution in [2.75, 3.05) is 44.6 Å². The standard InChI is InChI=1S/C27H37N7O2/c28-15-21-22-16-32(17-23(21)22)9-5-18-1-3-20(4-2-18)34-10-6-24(31-26(34)36)30-25(35)33-11-7-27(8-12-33)13-19(29)14-27/h1-4,6,10,19,21-23H,5,7-9,11-17,28-29H2,(H,30,31,35,36)/t21?,22-,23+. The number of likely N-dealkylation sites (tertiary alicyclic amines) is 2. The second-order valence-corrected chi connectivity index (χ2v) is 11.5. The minimum absolute atomic E-state index is 0.198. The highest BCUT2D eigenvalue weighted by Gasteiger charge is 2.54. The Hall–Kier alpha value is -2.75. The summed E-state index contributed by atoms with van der Waals surface area (Å²) in [6.45, 7) is 5.69. The van der Waals surface area contributed by atoms with Gasteiger partial charge in [-0.25, -0.2) is 9.59 Å². The van der Waals surface area contributed by atoms with Gasteiger partial charge in [-0.1, -0.05) is 12.1 Å². The molecule has 0 radical (unpaired) electrons. The molecule has 2 saturated carbocycles. The van der Waals surface area contributed by atoms with E-state index in [1.165, 1.54) is 23.2 Å². The molecule has 1 aromatic heterocycles. The summed E-state index contributed by atoms with van der Waals surface area (Å²) in [6, 6.07) is 9.87. The van der Waals surface area contributed by atoms with E-state index in [0.29, 0.717) is 11.5 Å². The Morgan fingerprint density at radius 3 is 2.39 bits per heavy atom. The second kappa shape index (κ2) is 9.28. The number of amides is 2. The Balaban J connectivity index is 1.01. The molecular weight excluding hydrogens is 454 g/mol. The average molecular weight is 492 g/mol. The maximum absolute atomic E-state index is 12.7. The van der Waals surface area contributed by atoms with Gasteiger partial charge in [0.25, 0.3) is 0 Å². The molecule has 1 spiro atoms. The monoisotopic (exact) mass is 491 g/mol. The van der Waals surface area contributed by atoms with Gasteiger partial charge in [-0.05, 0) is 85.6 Å². The molecule has 1 unspecified atom stereocenters. The van der Waals surface area contributed by atoms with Crippen molar-refractivity contribution < 1.29 is 4.79 Å². The van der Waals surface area contributed by atoms with Crippen molar-refractivity contribution in [2.24, 2.45) is 34.6 Å². The number of fused-ring (bicyclic) bond motifs is 1. The zero-order valence-corrected chi connectivity index (χ0v) is 20.8. The molecule has 2 aromatic rings. The summed E-state index contributed by atoms with van der Waals surface area (Å²) >= 11 is 0. The molecule has 3 atom stereocenters. The number of aromatic nitrogens is 2. The summed E-state index contributed by atoms with van der Waals surface area (Å²) < 4.78 is 1.50. The first-order valence-electron chi connectivity index (χ1n) is 13.4. The molecule has 2 aliphatic carbocycles. The van der Waals surface area contributed by atoms with E-state index in [0.717, 1.165) is 81.7 Å². The van der Waals surface area contributed by atoms with Gasteiger partial charge in [-0.15, -0.1) is 0 Å². The summed E-state index contributed by atoms with van der Waals surface area (Å²) in [5, 5.41) is 2.79. The average Bonchev–Trinajstić information content (AvgIpc) is 3.34. The Morgan fingerprint density at radius 2 is 1.78 bits per heavy atom. The lowest BCUT2D eigenvalue weighted by atomic mass is 9.61. The number of urea groups is 1. The Labute approximate surface area is 211 Å². The van der Waals surface area contributed by atoms with Crippen LogP contribution >= 0.6 is 0 Å². The molecule has 5 N–H and O–H groups in total. The Morgan fingerprint density at radius 1 is 1.08 bits per heavy atom. The van der Waals surface area contributed by atoms with Gasteiger partial charge in [0.1, 0.15) is 5.82 Å². The SMILES string of the molecule is NCC1[C@H]2CN(CCc3ccc(-n4ccc(NC(=O)N5CCC6(CC5)CC(N)C6)nc4=O)cc3)C[C@@H]12. The molecule has 3 heterocycles. The van der Waals surface area contributed by atoms with Gasteiger partial charge in [0.15, 0.2) is 0 Å². The van der Waals surface area contributed by atoms with Crippen LogP contribution in [-0.2, 0) is 6.42 Å². The largest absolute Gasteiger partial charge is 0.354 e. The summed E-state index contributed by atoms with van der Waals surface area (Å²) in [4.78, 5) is 33.8. The molecule has 9 nitrogen and oxygen atoms in total. The summed E-state index contributed by atoms with van der Waals surface area (Å²) in [5.41, 5.74) is 13.7. The van der Waals surface area contributed by atoms with Crippen LogP contribution in [0.3, 0.4) is 0 Å². The predicted octanol–water partition coefficient (Wildman–Crippen LogP) is 1.65. The van der Waals surface area contributed by atoms with E-state index in [1.54, 1.807) is 12.3 Å². The van der Waals surface area contributed by atoms with Gasteiger partial charge in [0, 0.05) is 45.0 Å². The lowest BCUT2D eigenvalue weighted by Crippen LogP contribution is -2.53. The lowest BCUT2D eigenvalue weighted by Gasteiger charge is -2.51. The molecule has 4 fully saturated rings. The molecule has 2 saturated heterocycles. The zero-order chi connectivity index (χ0) is 24.9. The number of carbonyl (C=O) groups excluding carboxylic acids is 1. The van der Waals surface area contributed by atoms with Gasteiger partial charge >= 0.3 is 11.7 Å². The van der Waals surface area contributed by atoms with Gasteiger partial charge < -0.3 is 21.3 Å². The van der Waals surface area contributed by atoms with Crippen molar-refractivity contribution in [3.8, 4) is 5.69 Å².